The van der Waals surface area contributed by atoms with Crippen LogP contribution in [0.3, 0.4) is 0 Å². The van der Waals surface area contributed by atoms with E-state index in [4.69, 9.17) is 0 Å². The number of hydrogen-bond donors (Lipinski definition) is 0. The zero-order valence-corrected chi connectivity index (χ0v) is 16.1. The lowest BCUT2D eigenvalue weighted by Crippen LogP contribution is -2.50. The molecule has 0 fully saturated rings. The molecule has 0 saturated heterocycles. The number of para-hydroxylation sites is 2. The molecule has 0 aliphatic carbocycles. The van der Waals surface area contributed by atoms with Gasteiger partial charge in [0.1, 0.15) is 6.17 Å². The summed E-state index contributed by atoms with van der Waals surface area (Å²) in [4.78, 5) is 9.36. The number of hydrogen-bond acceptors (Lipinski definition) is 5. The molecule has 3 aromatic rings. The van der Waals surface area contributed by atoms with E-state index in [2.05, 4.69) is 71.0 Å². The molecule has 5 nitrogen and oxygen atoms in total. The molecule has 0 radical (unpaired) electrons. The molecule has 0 spiro atoms. The molecule has 1 atom stereocenters. The van der Waals surface area contributed by atoms with E-state index in [-0.39, 0.29) is 11.7 Å². The normalized spacial score (nSPS) is 17.2. The summed E-state index contributed by atoms with van der Waals surface area (Å²) >= 11 is 1.67. The Balaban J connectivity index is 1.86. The molecule has 0 unspecified atom stereocenters. The SMILES string of the molecule is Cc1cc(C(C)(C)N2c3ccccc3N(c3nccs3)[C@H]2C)n(C)n1. The molecule has 1 aliphatic rings. The van der Waals surface area contributed by atoms with Crippen LogP contribution in [-0.4, -0.2) is 20.9 Å². The van der Waals surface area contributed by atoms with E-state index >= 15 is 0 Å². The van der Waals surface area contributed by atoms with Crippen LogP contribution in [0, 0.1) is 6.92 Å². The first-order valence-corrected chi connectivity index (χ1v) is 9.37. The van der Waals surface area contributed by atoms with Crippen LogP contribution in [0.5, 0.6) is 0 Å². The first kappa shape index (κ1) is 16.1. The number of rotatable bonds is 3. The monoisotopic (exact) mass is 353 g/mol. The second-order valence-electron chi connectivity index (χ2n) is 7.03. The van der Waals surface area contributed by atoms with Crippen LogP contribution in [0.4, 0.5) is 16.5 Å². The third-order valence-electron chi connectivity index (χ3n) is 5.00. The van der Waals surface area contributed by atoms with Gasteiger partial charge in [-0.3, -0.25) is 9.58 Å². The van der Waals surface area contributed by atoms with Gasteiger partial charge >= 0.3 is 0 Å². The van der Waals surface area contributed by atoms with E-state index in [1.54, 1.807) is 11.3 Å². The van der Waals surface area contributed by atoms with Crippen LogP contribution in [0.15, 0.2) is 41.9 Å². The minimum atomic E-state index is -0.211. The highest BCUT2D eigenvalue weighted by Crippen LogP contribution is 2.49. The fourth-order valence-electron chi connectivity index (χ4n) is 4.06. The number of thiazole rings is 1. The van der Waals surface area contributed by atoms with Crippen molar-refractivity contribution in [2.45, 2.75) is 39.4 Å². The summed E-state index contributed by atoms with van der Waals surface area (Å²) < 4.78 is 2.00. The Hall–Kier alpha value is -2.34. The van der Waals surface area contributed by atoms with Crippen molar-refractivity contribution < 1.29 is 0 Å². The zero-order valence-electron chi connectivity index (χ0n) is 15.3. The Bertz CT molecular complexity index is 896. The highest BCUT2D eigenvalue weighted by atomic mass is 32.1. The fourth-order valence-corrected chi connectivity index (χ4v) is 4.79. The largest absolute Gasteiger partial charge is 0.339 e. The smallest absolute Gasteiger partial charge is 0.191 e. The van der Waals surface area contributed by atoms with Gasteiger partial charge < -0.3 is 4.90 Å². The molecule has 0 bridgehead atoms. The Labute approximate surface area is 152 Å². The number of aryl methyl sites for hydroxylation is 2. The lowest BCUT2D eigenvalue weighted by Gasteiger charge is -2.41. The van der Waals surface area contributed by atoms with Crippen LogP contribution in [-0.2, 0) is 12.6 Å². The summed E-state index contributed by atoms with van der Waals surface area (Å²) in [6.07, 6.45) is 2.03. The minimum Gasteiger partial charge on any atom is -0.339 e. The van der Waals surface area contributed by atoms with Crippen LogP contribution in [0.25, 0.3) is 0 Å². The first-order valence-electron chi connectivity index (χ1n) is 8.49. The van der Waals surface area contributed by atoms with Crippen molar-refractivity contribution in [3.8, 4) is 0 Å². The van der Waals surface area contributed by atoms with Gasteiger partial charge in [0.2, 0.25) is 0 Å². The minimum absolute atomic E-state index is 0.161. The number of nitrogens with zero attached hydrogens (tertiary/aromatic N) is 5. The molecular formula is C19H23N5S. The lowest BCUT2D eigenvalue weighted by atomic mass is 9.96. The third kappa shape index (κ3) is 2.35. The van der Waals surface area contributed by atoms with E-state index in [1.807, 2.05) is 30.2 Å². The molecule has 1 aliphatic heterocycles. The first-order chi connectivity index (χ1) is 11.9. The van der Waals surface area contributed by atoms with Crippen molar-refractivity contribution >= 4 is 27.8 Å². The van der Waals surface area contributed by atoms with E-state index in [0.717, 1.165) is 10.8 Å². The van der Waals surface area contributed by atoms with Crippen LogP contribution >= 0.6 is 11.3 Å². The Morgan fingerprint density at radius 2 is 1.88 bits per heavy atom. The van der Waals surface area contributed by atoms with Crippen molar-refractivity contribution in [1.82, 2.24) is 14.8 Å². The summed E-state index contributed by atoms with van der Waals surface area (Å²) in [5.41, 5.74) is 4.47. The molecule has 1 aromatic carbocycles. The van der Waals surface area contributed by atoms with Crippen LogP contribution < -0.4 is 9.80 Å². The maximum Gasteiger partial charge on any atom is 0.191 e. The van der Waals surface area contributed by atoms with E-state index < -0.39 is 0 Å². The lowest BCUT2D eigenvalue weighted by molar-refractivity contribution is 0.418. The van der Waals surface area contributed by atoms with Gasteiger partial charge in [-0.2, -0.15) is 5.10 Å². The molecule has 0 amide bonds. The molecule has 3 heterocycles. The van der Waals surface area contributed by atoms with Crippen LogP contribution in [0.2, 0.25) is 0 Å². The molecule has 0 saturated carbocycles. The van der Waals surface area contributed by atoms with Crippen LogP contribution in [0.1, 0.15) is 32.2 Å². The second kappa shape index (κ2) is 5.59. The summed E-state index contributed by atoms with van der Waals surface area (Å²) in [6, 6.07) is 10.8. The van der Waals surface area contributed by atoms with Gasteiger partial charge in [0.15, 0.2) is 5.13 Å². The highest BCUT2D eigenvalue weighted by molar-refractivity contribution is 7.13. The Kier molecular flexibility index (Phi) is 3.61. The summed E-state index contributed by atoms with van der Waals surface area (Å²) in [5, 5.41) is 7.62. The van der Waals surface area contributed by atoms with E-state index in [9.17, 15) is 0 Å². The molecule has 130 valence electrons. The van der Waals surface area contributed by atoms with E-state index in [0.29, 0.717) is 0 Å². The van der Waals surface area contributed by atoms with Gasteiger partial charge in [-0.05, 0) is 45.9 Å². The number of benzene rings is 1. The molecule has 6 heteroatoms. The summed E-state index contributed by atoms with van der Waals surface area (Å²) in [5.74, 6) is 0. The zero-order chi connectivity index (χ0) is 17.8. The molecule has 2 aromatic heterocycles. The molecular weight excluding hydrogens is 330 g/mol. The van der Waals surface area contributed by atoms with Gasteiger partial charge in [0.05, 0.1) is 28.3 Å². The molecule has 0 N–H and O–H groups in total. The Morgan fingerprint density at radius 1 is 1.16 bits per heavy atom. The number of aromatic nitrogens is 3. The van der Waals surface area contributed by atoms with Crippen molar-refractivity contribution in [2.24, 2.45) is 7.05 Å². The van der Waals surface area contributed by atoms with Gasteiger partial charge in [0.25, 0.3) is 0 Å². The number of anilines is 3. The molecule has 4 rings (SSSR count). The quantitative estimate of drug-likeness (QED) is 0.698. The summed E-state index contributed by atoms with van der Waals surface area (Å²) in [7, 11) is 2.02. The predicted octanol–water partition coefficient (Wildman–Crippen LogP) is 4.42. The topological polar surface area (TPSA) is 37.2 Å². The maximum atomic E-state index is 4.56. The van der Waals surface area contributed by atoms with Gasteiger partial charge in [-0.15, -0.1) is 11.3 Å². The van der Waals surface area contributed by atoms with Crippen molar-refractivity contribution in [1.29, 1.82) is 0 Å². The third-order valence-corrected chi connectivity index (χ3v) is 5.78. The van der Waals surface area contributed by atoms with Crippen molar-refractivity contribution in [3.05, 3.63) is 53.3 Å². The van der Waals surface area contributed by atoms with Gasteiger partial charge in [-0.25, -0.2) is 4.98 Å². The van der Waals surface area contributed by atoms with E-state index in [1.165, 1.54) is 17.1 Å². The van der Waals surface area contributed by atoms with Gasteiger partial charge in [-0.1, -0.05) is 12.1 Å². The average molecular weight is 353 g/mol. The number of fused-ring (bicyclic) bond motifs is 1. The van der Waals surface area contributed by atoms with Crippen molar-refractivity contribution in [2.75, 3.05) is 9.80 Å². The second-order valence-corrected chi connectivity index (χ2v) is 7.90. The molecule has 25 heavy (non-hydrogen) atoms. The predicted molar refractivity (Wildman–Crippen MR) is 104 cm³/mol. The van der Waals surface area contributed by atoms with Crippen molar-refractivity contribution in [3.63, 3.8) is 0 Å². The Morgan fingerprint density at radius 3 is 2.48 bits per heavy atom. The summed E-state index contributed by atoms with van der Waals surface area (Å²) in [6.45, 7) is 8.82. The fraction of sp³-hybridized carbons (Fsp3) is 0.368. The maximum absolute atomic E-state index is 4.56. The average Bonchev–Trinajstić information content (AvgIpc) is 3.24. The van der Waals surface area contributed by atoms with Gasteiger partial charge in [0, 0.05) is 18.6 Å². The highest BCUT2D eigenvalue weighted by Gasteiger charge is 2.44. The standard InChI is InChI=1S/C19H23N5S/c1-13-12-17(22(5)21-13)19(3,4)24-14(2)23(18-20-10-11-25-18)15-8-6-7-9-16(15)24/h6-12,14H,1-5H3/t14-/m1/s1.